The minimum atomic E-state index is -4.70. The van der Waals surface area contributed by atoms with Gasteiger partial charge in [0.2, 0.25) is 0 Å². The molecular weight excluding hydrogens is 421 g/mol. The number of halogens is 3. The molecule has 0 saturated carbocycles. The molecule has 9 nitrogen and oxygen atoms in total. The first-order valence-corrected chi connectivity index (χ1v) is 9.14. The zero-order valence-electron chi connectivity index (χ0n) is 16.3. The van der Waals surface area contributed by atoms with Crippen molar-refractivity contribution in [1.29, 1.82) is 0 Å². The van der Waals surface area contributed by atoms with Crippen molar-refractivity contribution in [3.63, 3.8) is 0 Å². The lowest BCUT2D eigenvalue weighted by atomic mass is 10.1. The van der Waals surface area contributed by atoms with Gasteiger partial charge in [0.15, 0.2) is 0 Å². The smallest absolute Gasteiger partial charge is 0.362 e. The number of carbonyl (C=O) groups is 1. The van der Waals surface area contributed by atoms with Gasteiger partial charge in [-0.05, 0) is 31.2 Å². The number of aryl methyl sites for hydroxylation is 1. The van der Waals surface area contributed by atoms with Crippen molar-refractivity contribution in [2.45, 2.75) is 13.1 Å². The molecule has 164 valence electrons. The number of nitro benzene ring substituents is 2. The number of anilines is 1. The maximum atomic E-state index is 12.9. The number of piperazine rings is 1. The predicted octanol–water partition coefficient (Wildman–Crippen LogP) is 3.79. The summed E-state index contributed by atoms with van der Waals surface area (Å²) in [4.78, 5) is 36.6. The van der Waals surface area contributed by atoms with Gasteiger partial charge in [0.1, 0.15) is 5.69 Å². The van der Waals surface area contributed by atoms with E-state index in [9.17, 15) is 38.2 Å². The summed E-state index contributed by atoms with van der Waals surface area (Å²) in [6.07, 6.45) is -4.70. The number of hydrogen-bond donors (Lipinski definition) is 0. The molecule has 31 heavy (non-hydrogen) atoms. The van der Waals surface area contributed by atoms with Gasteiger partial charge < -0.3 is 9.80 Å². The van der Waals surface area contributed by atoms with E-state index in [0.717, 1.165) is 12.1 Å². The lowest BCUT2D eigenvalue weighted by Crippen LogP contribution is -2.49. The van der Waals surface area contributed by atoms with Crippen molar-refractivity contribution in [3.8, 4) is 0 Å². The highest BCUT2D eigenvalue weighted by atomic mass is 19.4. The Morgan fingerprint density at radius 1 is 0.935 bits per heavy atom. The SMILES string of the molecule is Cc1cc(C(=O)N2CCN(c3ccc(C(F)(F)F)cc3[N+](=O)[O-])CC2)ccc1[N+](=O)[O-]. The van der Waals surface area contributed by atoms with Gasteiger partial charge in [-0.3, -0.25) is 25.0 Å². The first kappa shape index (κ1) is 22.0. The molecule has 1 saturated heterocycles. The van der Waals surface area contributed by atoms with E-state index < -0.39 is 27.3 Å². The van der Waals surface area contributed by atoms with E-state index in [1.54, 1.807) is 4.90 Å². The highest BCUT2D eigenvalue weighted by Gasteiger charge is 2.34. The third-order valence-electron chi connectivity index (χ3n) is 5.05. The maximum absolute atomic E-state index is 12.9. The van der Waals surface area contributed by atoms with Crippen LogP contribution in [0.25, 0.3) is 0 Å². The van der Waals surface area contributed by atoms with E-state index in [1.807, 2.05) is 0 Å². The highest BCUT2D eigenvalue weighted by Crippen LogP contribution is 2.36. The van der Waals surface area contributed by atoms with Crippen LogP contribution >= 0.6 is 0 Å². The normalized spacial score (nSPS) is 14.5. The second-order valence-corrected chi connectivity index (χ2v) is 7.00. The maximum Gasteiger partial charge on any atom is 0.416 e. The zero-order chi connectivity index (χ0) is 22.9. The van der Waals surface area contributed by atoms with Gasteiger partial charge in [-0.25, -0.2) is 0 Å². The molecule has 0 bridgehead atoms. The molecule has 2 aromatic carbocycles. The molecule has 1 heterocycles. The molecule has 0 aromatic heterocycles. The van der Waals surface area contributed by atoms with Crippen LogP contribution in [0.4, 0.5) is 30.2 Å². The average Bonchev–Trinajstić information content (AvgIpc) is 2.71. The number of nitro groups is 2. The Labute approximate surface area is 174 Å². The first-order valence-electron chi connectivity index (χ1n) is 9.14. The van der Waals surface area contributed by atoms with Crippen LogP contribution in [-0.4, -0.2) is 46.8 Å². The van der Waals surface area contributed by atoms with Crippen LogP contribution in [-0.2, 0) is 6.18 Å². The molecule has 2 aromatic rings. The third-order valence-corrected chi connectivity index (χ3v) is 5.05. The van der Waals surface area contributed by atoms with E-state index in [1.165, 1.54) is 30.0 Å². The van der Waals surface area contributed by atoms with Gasteiger partial charge in [-0.1, -0.05) is 0 Å². The number of amides is 1. The van der Waals surface area contributed by atoms with Gasteiger partial charge in [-0.15, -0.1) is 0 Å². The van der Waals surface area contributed by atoms with Crippen LogP contribution in [0.3, 0.4) is 0 Å². The largest absolute Gasteiger partial charge is 0.416 e. The number of nitrogens with zero attached hydrogens (tertiary/aromatic N) is 4. The Balaban J connectivity index is 1.75. The van der Waals surface area contributed by atoms with E-state index >= 15 is 0 Å². The van der Waals surface area contributed by atoms with Gasteiger partial charge >= 0.3 is 6.18 Å². The van der Waals surface area contributed by atoms with Crippen LogP contribution in [0.2, 0.25) is 0 Å². The summed E-state index contributed by atoms with van der Waals surface area (Å²) in [7, 11) is 0. The van der Waals surface area contributed by atoms with Crippen molar-refractivity contribution < 1.29 is 27.8 Å². The molecule has 1 aliphatic heterocycles. The summed E-state index contributed by atoms with van der Waals surface area (Å²) < 4.78 is 38.7. The Bertz CT molecular complexity index is 1050. The Hall–Kier alpha value is -3.70. The van der Waals surface area contributed by atoms with Crippen molar-refractivity contribution >= 4 is 23.0 Å². The summed E-state index contributed by atoms with van der Waals surface area (Å²) in [6.45, 7) is 2.27. The number of alkyl halides is 3. The van der Waals surface area contributed by atoms with Crippen LogP contribution < -0.4 is 4.90 Å². The molecule has 1 amide bonds. The van der Waals surface area contributed by atoms with Crippen molar-refractivity contribution in [3.05, 3.63) is 73.3 Å². The molecule has 1 aliphatic rings. The van der Waals surface area contributed by atoms with Gasteiger partial charge in [-0.2, -0.15) is 13.2 Å². The Kier molecular flexibility index (Phi) is 5.82. The molecule has 0 spiro atoms. The zero-order valence-corrected chi connectivity index (χ0v) is 16.3. The van der Waals surface area contributed by atoms with E-state index in [-0.39, 0.29) is 49.0 Å². The fourth-order valence-corrected chi connectivity index (χ4v) is 3.44. The lowest BCUT2D eigenvalue weighted by molar-refractivity contribution is -0.385. The van der Waals surface area contributed by atoms with Gasteiger partial charge in [0.25, 0.3) is 17.3 Å². The summed E-state index contributed by atoms with van der Waals surface area (Å²) in [6, 6.07) is 6.41. The average molecular weight is 438 g/mol. The second-order valence-electron chi connectivity index (χ2n) is 7.00. The van der Waals surface area contributed by atoms with Crippen molar-refractivity contribution in [1.82, 2.24) is 4.90 Å². The molecule has 1 fully saturated rings. The quantitative estimate of drug-likeness (QED) is 0.531. The number of hydrogen-bond acceptors (Lipinski definition) is 6. The predicted molar refractivity (Wildman–Crippen MR) is 104 cm³/mol. The summed E-state index contributed by atoms with van der Waals surface area (Å²) in [5.41, 5.74) is -1.19. The number of carbonyl (C=O) groups excluding carboxylic acids is 1. The number of benzene rings is 2. The summed E-state index contributed by atoms with van der Waals surface area (Å²) >= 11 is 0. The molecule has 0 atom stereocenters. The fraction of sp³-hybridized carbons (Fsp3) is 0.316. The Morgan fingerprint density at radius 2 is 1.55 bits per heavy atom. The summed E-state index contributed by atoms with van der Waals surface area (Å²) in [5, 5.41) is 22.2. The standard InChI is InChI=1S/C19H17F3N4O5/c1-12-10-13(2-4-15(12)25(28)29)18(27)24-8-6-23(7-9-24)16-5-3-14(19(20,21)22)11-17(16)26(30)31/h2-5,10-11H,6-9H2,1H3. The minimum Gasteiger partial charge on any atom is -0.362 e. The minimum absolute atomic E-state index is 0.0521. The highest BCUT2D eigenvalue weighted by molar-refractivity contribution is 5.95. The Morgan fingerprint density at radius 3 is 2.06 bits per heavy atom. The fourth-order valence-electron chi connectivity index (χ4n) is 3.44. The van der Waals surface area contributed by atoms with Crippen LogP contribution in [0.1, 0.15) is 21.5 Å². The topological polar surface area (TPSA) is 110 Å². The molecule has 12 heteroatoms. The number of rotatable bonds is 4. The van der Waals surface area contributed by atoms with Crippen molar-refractivity contribution in [2.24, 2.45) is 0 Å². The van der Waals surface area contributed by atoms with Crippen LogP contribution in [0.15, 0.2) is 36.4 Å². The van der Waals surface area contributed by atoms with E-state index in [0.29, 0.717) is 11.6 Å². The first-order chi connectivity index (χ1) is 14.5. The van der Waals surface area contributed by atoms with E-state index in [4.69, 9.17) is 0 Å². The van der Waals surface area contributed by atoms with Gasteiger partial charge in [0, 0.05) is 49.4 Å². The van der Waals surface area contributed by atoms with Crippen LogP contribution in [0, 0.1) is 27.2 Å². The molecular formula is C19H17F3N4O5. The second kappa shape index (κ2) is 8.20. The molecule has 3 rings (SSSR count). The van der Waals surface area contributed by atoms with Crippen molar-refractivity contribution in [2.75, 3.05) is 31.1 Å². The molecule has 0 unspecified atom stereocenters. The monoisotopic (exact) mass is 438 g/mol. The lowest BCUT2D eigenvalue weighted by Gasteiger charge is -2.36. The molecule has 0 radical (unpaired) electrons. The summed E-state index contributed by atoms with van der Waals surface area (Å²) in [5.74, 6) is -0.348. The molecule has 0 N–H and O–H groups in total. The van der Waals surface area contributed by atoms with E-state index in [2.05, 4.69) is 0 Å². The molecule has 0 aliphatic carbocycles. The van der Waals surface area contributed by atoms with Gasteiger partial charge in [0.05, 0.1) is 15.4 Å². The third kappa shape index (κ3) is 4.57. The van der Waals surface area contributed by atoms with Crippen LogP contribution in [0.5, 0.6) is 0 Å².